The van der Waals surface area contributed by atoms with E-state index in [9.17, 15) is 0 Å². The van der Waals surface area contributed by atoms with Crippen molar-refractivity contribution in [3.05, 3.63) is 0 Å². The lowest BCUT2D eigenvalue weighted by molar-refractivity contribution is -0.248. The quantitative estimate of drug-likeness (QED) is 0.496. The molecular weight excluding hydrogens is 132 g/mol. The molecule has 58 valence electrons. The minimum atomic E-state index is -0.465. The van der Waals surface area contributed by atoms with Crippen LogP contribution in [-0.2, 0) is 14.2 Å². The molecule has 2 bridgehead atoms. The zero-order chi connectivity index (χ0) is 7.24. The molecule has 2 fully saturated rings. The standard InChI is InChI=1S/C7H12O3/c1-6-3-8-5-7(2,10-6)9-4-6/h3-5H2,1-2H3/t6-,7+/m1/s1. The van der Waals surface area contributed by atoms with Crippen molar-refractivity contribution in [2.45, 2.75) is 25.2 Å². The topological polar surface area (TPSA) is 27.7 Å². The molecule has 0 aromatic heterocycles. The van der Waals surface area contributed by atoms with Gasteiger partial charge in [0.1, 0.15) is 12.2 Å². The highest BCUT2D eigenvalue weighted by Gasteiger charge is 2.49. The molecule has 2 saturated heterocycles. The molecule has 10 heavy (non-hydrogen) atoms. The first-order valence-corrected chi connectivity index (χ1v) is 3.54. The first kappa shape index (κ1) is 6.58. The minimum absolute atomic E-state index is 0.188. The predicted octanol–water partition coefficient (Wildman–Crippen LogP) is 0.538. The molecule has 3 nitrogen and oxygen atoms in total. The summed E-state index contributed by atoms with van der Waals surface area (Å²) in [7, 11) is 0. The summed E-state index contributed by atoms with van der Waals surface area (Å²) in [5, 5.41) is 0. The van der Waals surface area contributed by atoms with Crippen molar-refractivity contribution in [2.24, 2.45) is 0 Å². The van der Waals surface area contributed by atoms with Crippen LogP contribution >= 0.6 is 0 Å². The van der Waals surface area contributed by atoms with Crippen LogP contribution in [0.5, 0.6) is 0 Å². The average Bonchev–Trinajstić information content (AvgIpc) is 2.03. The molecule has 0 radical (unpaired) electrons. The predicted molar refractivity (Wildman–Crippen MR) is 34.7 cm³/mol. The average molecular weight is 144 g/mol. The van der Waals surface area contributed by atoms with Gasteiger partial charge in [-0.05, 0) is 13.8 Å². The molecule has 0 aromatic rings. The fraction of sp³-hybridized carbons (Fsp3) is 1.00. The van der Waals surface area contributed by atoms with Gasteiger partial charge in [0.15, 0.2) is 5.79 Å². The van der Waals surface area contributed by atoms with Gasteiger partial charge < -0.3 is 14.2 Å². The fourth-order valence-electron chi connectivity index (χ4n) is 1.48. The number of hydrogen-bond donors (Lipinski definition) is 0. The Morgan fingerprint density at radius 3 is 2.50 bits per heavy atom. The molecule has 0 aromatic carbocycles. The SMILES string of the molecule is C[C@@]12COC[C@@](C)(OC1)O2. The summed E-state index contributed by atoms with van der Waals surface area (Å²) in [6.45, 7) is 5.80. The minimum Gasteiger partial charge on any atom is -0.373 e. The van der Waals surface area contributed by atoms with Crippen LogP contribution in [0.3, 0.4) is 0 Å². The highest BCUT2D eigenvalue weighted by Crippen LogP contribution is 2.35. The van der Waals surface area contributed by atoms with Crippen molar-refractivity contribution in [1.29, 1.82) is 0 Å². The van der Waals surface area contributed by atoms with Crippen LogP contribution in [0.25, 0.3) is 0 Å². The molecule has 0 amide bonds. The Morgan fingerprint density at radius 2 is 1.90 bits per heavy atom. The molecule has 2 aliphatic heterocycles. The molecule has 3 heteroatoms. The Bertz CT molecular complexity index is 143. The summed E-state index contributed by atoms with van der Waals surface area (Å²) in [6, 6.07) is 0. The van der Waals surface area contributed by atoms with Gasteiger partial charge in [0.05, 0.1) is 13.2 Å². The van der Waals surface area contributed by atoms with E-state index in [1.54, 1.807) is 0 Å². The van der Waals surface area contributed by atoms with Gasteiger partial charge in [0, 0.05) is 0 Å². The molecule has 0 spiro atoms. The molecule has 2 heterocycles. The van der Waals surface area contributed by atoms with Crippen LogP contribution < -0.4 is 0 Å². The van der Waals surface area contributed by atoms with E-state index >= 15 is 0 Å². The summed E-state index contributed by atoms with van der Waals surface area (Å²) in [6.07, 6.45) is 0. The number of rotatable bonds is 0. The van der Waals surface area contributed by atoms with Gasteiger partial charge >= 0.3 is 0 Å². The van der Waals surface area contributed by atoms with Gasteiger partial charge in [-0.1, -0.05) is 0 Å². The summed E-state index contributed by atoms with van der Waals surface area (Å²) >= 11 is 0. The van der Waals surface area contributed by atoms with E-state index in [0.29, 0.717) is 19.8 Å². The zero-order valence-corrected chi connectivity index (χ0v) is 6.35. The van der Waals surface area contributed by atoms with Crippen molar-refractivity contribution in [1.82, 2.24) is 0 Å². The van der Waals surface area contributed by atoms with Crippen LogP contribution in [0.1, 0.15) is 13.8 Å². The van der Waals surface area contributed by atoms with E-state index in [2.05, 4.69) is 0 Å². The molecule has 0 N–H and O–H groups in total. The lowest BCUT2D eigenvalue weighted by Crippen LogP contribution is -2.45. The third-order valence-electron chi connectivity index (χ3n) is 1.92. The number of hydrogen-bond acceptors (Lipinski definition) is 3. The van der Waals surface area contributed by atoms with Crippen LogP contribution in [0.2, 0.25) is 0 Å². The third-order valence-corrected chi connectivity index (χ3v) is 1.92. The van der Waals surface area contributed by atoms with E-state index in [1.165, 1.54) is 0 Å². The maximum absolute atomic E-state index is 5.62. The third kappa shape index (κ3) is 0.856. The van der Waals surface area contributed by atoms with E-state index in [1.807, 2.05) is 13.8 Å². The highest BCUT2D eigenvalue weighted by atomic mass is 16.8. The molecular formula is C7H12O3. The van der Waals surface area contributed by atoms with Crippen molar-refractivity contribution >= 4 is 0 Å². The summed E-state index contributed by atoms with van der Waals surface area (Å²) in [5.74, 6) is -0.465. The zero-order valence-electron chi connectivity index (χ0n) is 6.35. The molecule has 0 unspecified atom stereocenters. The summed E-state index contributed by atoms with van der Waals surface area (Å²) < 4.78 is 16.4. The lowest BCUT2D eigenvalue weighted by Gasteiger charge is -2.32. The molecule has 2 atom stereocenters. The Labute approximate surface area is 60.3 Å². The van der Waals surface area contributed by atoms with Gasteiger partial charge in [-0.25, -0.2) is 0 Å². The van der Waals surface area contributed by atoms with Crippen LogP contribution in [0.15, 0.2) is 0 Å². The van der Waals surface area contributed by atoms with Crippen molar-refractivity contribution < 1.29 is 14.2 Å². The van der Waals surface area contributed by atoms with E-state index in [4.69, 9.17) is 14.2 Å². The molecule has 2 rings (SSSR count). The first-order valence-electron chi connectivity index (χ1n) is 3.54. The van der Waals surface area contributed by atoms with Crippen LogP contribution in [0.4, 0.5) is 0 Å². The Hall–Kier alpha value is -0.120. The maximum Gasteiger partial charge on any atom is 0.189 e. The second kappa shape index (κ2) is 1.72. The molecule has 0 aliphatic carbocycles. The molecule has 0 saturated carbocycles. The second-order valence-electron chi connectivity index (χ2n) is 3.47. The van der Waals surface area contributed by atoms with Gasteiger partial charge in [-0.3, -0.25) is 0 Å². The number of fused-ring (bicyclic) bond motifs is 2. The lowest BCUT2D eigenvalue weighted by atomic mass is 10.1. The second-order valence-corrected chi connectivity index (χ2v) is 3.47. The molecule has 2 aliphatic rings. The highest BCUT2D eigenvalue weighted by molar-refractivity contribution is 4.88. The normalized spacial score (nSPS) is 53.4. The van der Waals surface area contributed by atoms with Gasteiger partial charge in [-0.2, -0.15) is 0 Å². The van der Waals surface area contributed by atoms with E-state index in [0.717, 1.165) is 0 Å². The summed E-state index contributed by atoms with van der Waals surface area (Å²) in [5.41, 5.74) is -0.188. The monoisotopic (exact) mass is 144 g/mol. The van der Waals surface area contributed by atoms with Gasteiger partial charge in [0.25, 0.3) is 0 Å². The smallest absolute Gasteiger partial charge is 0.189 e. The van der Waals surface area contributed by atoms with Crippen LogP contribution in [-0.4, -0.2) is 31.2 Å². The largest absolute Gasteiger partial charge is 0.373 e. The Balaban J connectivity index is 2.20. The van der Waals surface area contributed by atoms with Crippen molar-refractivity contribution in [3.63, 3.8) is 0 Å². The van der Waals surface area contributed by atoms with E-state index < -0.39 is 5.79 Å². The van der Waals surface area contributed by atoms with Crippen LogP contribution in [0, 0.1) is 0 Å². The van der Waals surface area contributed by atoms with Gasteiger partial charge in [0.2, 0.25) is 0 Å². The van der Waals surface area contributed by atoms with Crippen molar-refractivity contribution in [2.75, 3.05) is 19.8 Å². The fourth-order valence-corrected chi connectivity index (χ4v) is 1.48. The Kier molecular flexibility index (Phi) is 1.14. The first-order chi connectivity index (χ1) is 4.62. The van der Waals surface area contributed by atoms with E-state index in [-0.39, 0.29) is 5.60 Å². The summed E-state index contributed by atoms with van der Waals surface area (Å²) in [4.78, 5) is 0. The van der Waals surface area contributed by atoms with Gasteiger partial charge in [-0.15, -0.1) is 0 Å². The number of ether oxygens (including phenoxy) is 3. The Morgan fingerprint density at radius 1 is 1.10 bits per heavy atom. The maximum atomic E-state index is 5.62. The van der Waals surface area contributed by atoms with Crippen molar-refractivity contribution in [3.8, 4) is 0 Å².